The minimum absolute atomic E-state index is 0.00802. The fourth-order valence-corrected chi connectivity index (χ4v) is 2.54. The summed E-state index contributed by atoms with van der Waals surface area (Å²) >= 11 is 0. The lowest BCUT2D eigenvalue weighted by Crippen LogP contribution is -2.28. The van der Waals surface area contributed by atoms with E-state index in [0.717, 1.165) is 11.1 Å². The second-order valence-corrected chi connectivity index (χ2v) is 5.43. The summed E-state index contributed by atoms with van der Waals surface area (Å²) in [6.07, 6.45) is 3.78. The van der Waals surface area contributed by atoms with Crippen LogP contribution < -0.4 is 5.32 Å². The molecule has 1 amide bonds. The van der Waals surface area contributed by atoms with E-state index in [9.17, 15) is 4.79 Å². The summed E-state index contributed by atoms with van der Waals surface area (Å²) in [4.78, 5) is 16.2. The highest BCUT2D eigenvalue weighted by Gasteiger charge is 2.10. The molecule has 0 aliphatic rings. The first-order valence-electron chi connectivity index (χ1n) is 7.39. The molecule has 0 radical (unpaired) electrons. The first-order valence-corrected chi connectivity index (χ1v) is 7.39. The molecule has 0 bridgehead atoms. The Labute approximate surface area is 130 Å². The van der Waals surface area contributed by atoms with Crippen molar-refractivity contribution < 1.29 is 4.79 Å². The molecule has 3 heteroatoms. The summed E-state index contributed by atoms with van der Waals surface area (Å²) in [5.74, 6) is 0.00802. The van der Waals surface area contributed by atoms with Gasteiger partial charge in [0.05, 0.1) is 12.5 Å². The summed E-state index contributed by atoms with van der Waals surface area (Å²) in [6, 6.07) is 18.2. The number of hydrogen-bond donors (Lipinski definition) is 1. The average molecular weight is 290 g/mol. The Kier molecular flexibility index (Phi) is 4.15. The lowest BCUT2D eigenvalue weighted by molar-refractivity contribution is -0.121. The van der Waals surface area contributed by atoms with Crippen molar-refractivity contribution in [2.75, 3.05) is 0 Å². The van der Waals surface area contributed by atoms with Gasteiger partial charge in [-0.05, 0) is 41.0 Å². The molecule has 0 spiro atoms. The Hall–Kier alpha value is -2.68. The van der Waals surface area contributed by atoms with E-state index in [0.29, 0.717) is 6.42 Å². The maximum Gasteiger partial charge on any atom is 0.224 e. The lowest BCUT2D eigenvalue weighted by Gasteiger charge is -2.15. The molecule has 22 heavy (non-hydrogen) atoms. The number of hydrogen-bond acceptors (Lipinski definition) is 2. The maximum atomic E-state index is 12.1. The van der Waals surface area contributed by atoms with Crippen LogP contribution in [-0.2, 0) is 11.2 Å². The predicted molar refractivity (Wildman–Crippen MR) is 88.4 cm³/mol. The van der Waals surface area contributed by atoms with Gasteiger partial charge in [-0.25, -0.2) is 0 Å². The molecule has 110 valence electrons. The Morgan fingerprint density at radius 1 is 1.09 bits per heavy atom. The van der Waals surface area contributed by atoms with Gasteiger partial charge in [0.2, 0.25) is 5.91 Å². The zero-order valence-electron chi connectivity index (χ0n) is 12.5. The van der Waals surface area contributed by atoms with E-state index in [4.69, 9.17) is 0 Å². The fraction of sp³-hybridized carbons (Fsp3) is 0.158. The Balaban J connectivity index is 1.70. The molecule has 1 aromatic heterocycles. The van der Waals surface area contributed by atoms with Crippen LogP contribution in [0.5, 0.6) is 0 Å². The van der Waals surface area contributed by atoms with Gasteiger partial charge in [0.15, 0.2) is 0 Å². The second-order valence-electron chi connectivity index (χ2n) is 5.43. The summed E-state index contributed by atoms with van der Waals surface area (Å²) in [5.41, 5.74) is 2.03. The molecular weight excluding hydrogens is 272 g/mol. The molecule has 0 saturated carbocycles. The molecule has 2 aromatic carbocycles. The van der Waals surface area contributed by atoms with Gasteiger partial charge in [0.25, 0.3) is 0 Å². The highest BCUT2D eigenvalue weighted by molar-refractivity contribution is 5.83. The van der Waals surface area contributed by atoms with E-state index in [1.54, 1.807) is 12.4 Å². The monoisotopic (exact) mass is 290 g/mol. The number of nitrogens with zero attached hydrogens (tertiary/aromatic N) is 1. The highest BCUT2D eigenvalue weighted by Crippen LogP contribution is 2.20. The van der Waals surface area contributed by atoms with Crippen molar-refractivity contribution in [1.82, 2.24) is 10.3 Å². The van der Waals surface area contributed by atoms with Crippen molar-refractivity contribution in [3.63, 3.8) is 0 Å². The Bertz CT molecular complexity index is 784. The van der Waals surface area contributed by atoms with Crippen LogP contribution in [0.3, 0.4) is 0 Å². The molecular formula is C19H18N2O. The van der Waals surface area contributed by atoms with E-state index in [2.05, 4.69) is 40.6 Å². The van der Waals surface area contributed by atoms with E-state index in [-0.39, 0.29) is 11.9 Å². The van der Waals surface area contributed by atoms with Crippen LogP contribution in [0.25, 0.3) is 10.8 Å². The standard InChI is InChI=1S/C19H18N2O/c1-14(21-19(22)11-15-5-4-10-20-13-15)17-9-8-16-6-2-3-7-18(16)12-17/h2-10,12-14H,11H2,1H3,(H,21,22)/t14-/m1/s1. The van der Waals surface area contributed by atoms with Crippen molar-refractivity contribution in [1.29, 1.82) is 0 Å². The smallest absolute Gasteiger partial charge is 0.224 e. The van der Waals surface area contributed by atoms with Crippen LogP contribution in [0.15, 0.2) is 67.0 Å². The number of amides is 1. The van der Waals surface area contributed by atoms with Crippen molar-refractivity contribution in [3.8, 4) is 0 Å². The SMILES string of the molecule is C[C@@H](NC(=O)Cc1cccnc1)c1ccc2ccccc2c1. The molecule has 1 atom stereocenters. The van der Waals surface area contributed by atoms with Gasteiger partial charge in [-0.3, -0.25) is 9.78 Å². The number of carbonyl (C=O) groups is 1. The van der Waals surface area contributed by atoms with Crippen molar-refractivity contribution in [2.45, 2.75) is 19.4 Å². The van der Waals surface area contributed by atoms with Crippen molar-refractivity contribution in [2.24, 2.45) is 0 Å². The van der Waals surface area contributed by atoms with Crippen LogP contribution in [0.4, 0.5) is 0 Å². The number of rotatable bonds is 4. The molecule has 1 N–H and O–H groups in total. The summed E-state index contributed by atoms with van der Waals surface area (Å²) in [7, 11) is 0. The van der Waals surface area contributed by atoms with Crippen LogP contribution >= 0.6 is 0 Å². The first kappa shape index (κ1) is 14.3. The average Bonchev–Trinajstić information content (AvgIpc) is 2.55. The predicted octanol–water partition coefficient (Wildman–Crippen LogP) is 3.65. The van der Waals surface area contributed by atoms with Gasteiger partial charge in [0.1, 0.15) is 0 Å². The molecule has 0 saturated heterocycles. The first-order chi connectivity index (χ1) is 10.7. The van der Waals surface area contributed by atoms with Crippen LogP contribution in [0, 0.1) is 0 Å². The number of nitrogens with one attached hydrogen (secondary N) is 1. The van der Waals surface area contributed by atoms with Crippen molar-refractivity contribution >= 4 is 16.7 Å². The summed E-state index contributed by atoms with van der Waals surface area (Å²) in [5, 5.41) is 5.44. The number of benzene rings is 2. The largest absolute Gasteiger partial charge is 0.349 e. The van der Waals surface area contributed by atoms with Gasteiger partial charge >= 0.3 is 0 Å². The quantitative estimate of drug-likeness (QED) is 0.797. The van der Waals surface area contributed by atoms with E-state index < -0.39 is 0 Å². The topological polar surface area (TPSA) is 42.0 Å². The Morgan fingerprint density at radius 2 is 1.91 bits per heavy atom. The van der Waals surface area contributed by atoms with Gasteiger partial charge in [0, 0.05) is 12.4 Å². The van der Waals surface area contributed by atoms with Gasteiger partial charge in [-0.2, -0.15) is 0 Å². The van der Waals surface area contributed by atoms with Gasteiger partial charge in [-0.1, -0.05) is 42.5 Å². The molecule has 0 unspecified atom stereocenters. The highest BCUT2D eigenvalue weighted by atomic mass is 16.1. The van der Waals surface area contributed by atoms with Crippen molar-refractivity contribution in [3.05, 3.63) is 78.1 Å². The van der Waals surface area contributed by atoms with E-state index in [1.807, 2.05) is 31.2 Å². The zero-order chi connectivity index (χ0) is 15.4. The van der Waals surface area contributed by atoms with E-state index in [1.165, 1.54) is 10.8 Å². The van der Waals surface area contributed by atoms with E-state index >= 15 is 0 Å². The Morgan fingerprint density at radius 3 is 2.68 bits per heavy atom. The third-order valence-corrected chi connectivity index (χ3v) is 3.74. The molecule has 0 fully saturated rings. The number of aromatic nitrogens is 1. The third-order valence-electron chi connectivity index (χ3n) is 3.74. The molecule has 0 aliphatic heterocycles. The molecule has 3 rings (SSSR count). The van der Waals surface area contributed by atoms with Gasteiger partial charge < -0.3 is 5.32 Å². The van der Waals surface area contributed by atoms with Crippen LogP contribution in [-0.4, -0.2) is 10.9 Å². The van der Waals surface area contributed by atoms with Crippen LogP contribution in [0.1, 0.15) is 24.1 Å². The van der Waals surface area contributed by atoms with Gasteiger partial charge in [-0.15, -0.1) is 0 Å². The fourth-order valence-electron chi connectivity index (χ4n) is 2.54. The molecule has 0 aliphatic carbocycles. The summed E-state index contributed by atoms with van der Waals surface area (Å²) in [6.45, 7) is 2.01. The number of carbonyl (C=O) groups excluding carboxylic acids is 1. The zero-order valence-corrected chi connectivity index (χ0v) is 12.5. The minimum Gasteiger partial charge on any atom is -0.349 e. The summed E-state index contributed by atoms with van der Waals surface area (Å²) < 4.78 is 0. The maximum absolute atomic E-state index is 12.1. The third kappa shape index (κ3) is 3.31. The second kappa shape index (κ2) is 6.39. The number of fused-ring (bicyclic) bond motifs is 1. The lowest BCUT2D eigenvalue weighted by atomic mass is 10.0. The normalized spacial score (nSPS) is 12.0. The molecule has 3 aromatic rings. The minimum atomic E-state index is -0.0197. The van der Waals surface area contributed by atoms with Crippen LogP contribution in [0.2, 0.25) is 0 Å². The molecule has 3 nitrogen and oxygen atoms in total. The molecule has 1 heterocycles. The number of pyridine rings is 1.